The van der Waals surface area contributed by atoms with E-state index in [-0.39, 0.29) is 5.91 Å². The molecule has 1 N–H and O–H groups in total. The van der Waals surface area contributed by atoms with Crippen LogP contribution >= 0.6 is 23.4 Å². The van der Waals surface area contributed by atoms with Crippen molar-refractivity contribution in [3.05, 3.63) is 46.6 Å². The maximum Gasteiger partial charge on any atom is 0.274 e. The van der Waals surface area contributed by atoms with Gasteiger partial charge in [-0.25, -0.2) is 15.4 Å². The molecule has 0 radical (unpaired) electrons. The fraction of sp³-hybridized carbons (Fsp3) is 0.312. The van der Waals surface area contributed by atoms with Gasteiger partial charge < -0.3 is 4.90 Å². The van der Waals surface area contributed by atoms with E-state index in [2.05, 4.69) is 15.4 Å². The van der Waals surface area contributed by atoms with Crippen LogP contribution in [0.4, 0.5) is 5.82 Å². The van der Waals surface area contributed by atoms with Gasteiger partial charge in [-0.15, -0.1) is 0 Å². The molecule has 2 aromatic rings. The molecule has 8 heteroatoms. The van der Waals surface area contributed by atoms with Gasteiger partial charge in [0, 0.05) is 31.5 Å². The summed E-state index contributed by atoms with van der Waals surface area (Å²) in [5, 5.41) is 1.03. The highest BCUT2D eigenvalue weighted by molar-refractivity contribution is 7.98. The number of halogens is 1. The molecule has 2 rings (SSSR count). The summed E-state index contributed by atoms with van der Waals surface area (Å²) in [5.41, 5.74) is 3.97. The van der Waals surface area contributed by atoms with Gasteiger partial charge in [0.15, 0.2) is 5.16 Å². The quantitative estimate of drug-likeness (QED) is 0.351. The third kappa shape index (κ3) is 5.36. The maximum absolute atomic E-state index is 11.8. The molecule has 0 aliphatic carbocycles. The molecule has 1 aromatic heterocycles. The third-order valence-corrected chi connectivity index (χ3v) is 4.12. The van der Waals surface area contributed by atoms with Crippen molar-refractivity contribution < 1.29 is 9.63 Å². The standard InChI is InChI=1S/C16H19ClN4O2S/c1-4-23-20-15(22)12-7-5-11(6-8-12)10-24-16-18-13(17)9-14(19-16)21(2)3/h5-9H,4,10H2,1-3H3,(H,20,22). The molecule has 0 aliphatic heterocycles. The minimum absolute atomic E-state index is 0.259. The van der Waals surface area contributed by atoms with Crippen molar-refractivity contribution in [3.63, 3.8) is 0 Å². The second kappa shape index (κ2) is 8.86. The van der Waals surface area contributed by atoms with Gasteiger partial charge in [-0.05, 0) is 24.6 Å². The third-order valence-electron chi connectivity index (χ3n) is 3.01. The summed E-state index contributed by atoms with van der Waals surface area (Å²) in [6.45, 7) is 2.23. The molecule has 24 heavy (non-hydrogen) atoms. The Morgan fingerprint density at radius 2 is 2.00 bits per heavy atom. The summed E-state index contributed by atoms with van der Waals surface area (Å²) in [6, 6.07) is 9.02. The van der Waals surface area contributed by atoms with Crippen LogP contribution < -0.4 is 10.4 Å². The topological polar surface area (TPSA) is 67.3 Å². The van der Waals surface area contributed by atoms with Crippen LogP contribution in [0.25, 0.3) is 0 Å². The highest BCUT2D eigenvalue weighted by Gasteiger charge is 2.08. The minimum Gasteiger partial charge on any atom is -0.363 e. The van der Waals surface area contributed by atoms with E-state index < -0.39 is 0 Å². The largest absolute Gasteiger partial charge is 0.363 e. The smallest absolute Gasteiger partial charge is 0.274 e. The van der Waals surface area contributed by atoms with Crippen molar-refractivity contribution in [1.82, 2.24) is 15.4 Å². The van der Waals surface area contributed by atoms with E-state index in [4.69, 9.17) is 16.4 Å². The first-order chi connectivity index (χ1) is 11.5. The number of rotatable bonds is 7. The summed E-state index contributed by atoms with van der Waals surface area (Å²) in [7, 11) is 3.80. The van der Waals surface area contributed by atoms with E-state index in [0.717, 1.165) is 11.4 Å². The number of nitrogens with zero attached hydrogens (tertiary/aromatic N) is 3. The van der Waals surface area contributed by atoms with E-state index in [1.54, 1.807) is 25.1 Å². The molecule has 0 atom stereocenters. The van der Waals surface area contributed by atoms with Gasteiger partial charge in [0.1, 0.15) is 11.0 Å². The number of benzene rings is 1. The molecule has 6 nitrogen and oxygen atoms in total. The van der Waals surface area contributed by atoms with Crippen LogP contribution in [0.5, 0.6) is 0 Å². The van der Waals surface area contributed by atoms with Gasteiger partial charge in [0.2, 0.25) is 0 Å². The molecule has 0 fully saturated rings. The van der Waals surface area contributed by atoms with Crippen LogP contribution in [0.3, 0.4) is 0 Å². The lowest BCUT2D eigenvalue weighted by molar-refractivity contribution is 0.0364. The van der Waals surface area contributed by atoms with Crippen molar-refractivity contribution in [3.8, 4) is 0 Å². The molecule has 0 spiro atoms. The zero-order chi connectivity index (χ0) is 17.5. The monoisotopic (exact) mass is 366 g/mol. The first-order valence-electron chi connectivity index (χ1n) is 7.35. The van der Waals surface area contributed by atoms with E-state index >= 15 is 0 Å². The Bertz CT molecular complexity index is 695. The Morgan fingerprint density at radius 3 is 2.62 bits per heavy atom. The summed E-state index contributed by atoms with van der Waals surface area (Å²) in [5.74, 6) is 1.19. The van der Waals surface area contributed by atoms with Gasteiger partial charge in [0.05, 0.1) is 6.61 Å². The number of carbonyl (C=O) groups is 1. The zero-order valence-corrected chi connectivity index (χ0v) is 15.3. The molecule has 0 saturated heterocycles. The zero-order valence-electron chi connectivity index (χ0n) is 13.7. The predicted octanol–water partition coefficient (Wildman–Crippen LogP) is 3.17. The number of nitrogens with one attached hydrogen (secondary N) is 1. The fourth-order valence-electron chi connectivity index (χ4n) is 1.78. The Kier molecular flexibility index (Phi) is 6.84. The number of amides is 1. The Morgan fingerprint density at radius 1 is 1.29 bits per heavy atom. The summed E-state index contributed by atoms with van der Waals surface area (Å²) >= 11 is 7.51. The first kappa shape index (κ1) is 18.5. The lowest BCUT2D eigenvalue weighted by Gasteiger charge is -2.12. The van der Waals surface area contributed by atoms with Gasteiger partial charge >= 0.3 is 0 Å². The average Bonchev–Trinajstić information content (AvgIpc) is 2.57. The van der Waals surface area contributed by atoms with E-state index in [9.17, 15) is 4.79 Å². The Balaban J connectivity index is 1.98. The first-order valence-corrected chi connectivity index (χ1v) is 8.71. The maximum atomic E-state index is 11.8. The van der Waals surface area contributed by atoms with Crippen LogP contribution in [-0.2, 0) is 10.6 Å². The predicted molar refractivity (Wildman–Crippen MR) is 96.5 cm³/mol. The number of hydroxylamine groups is 1. The van der Waals surface area contributed by atoms with Crippen LogP contribution in [-0.4, -0.2) is 36.6 Å². The second-order valence-corrected chi connectivity index (χ2v) is 6.41. The molecule has 0 unspecified atom stereocenters. The number of carbonyl (C=O) groups excluding carboxylic acids is 1. The van der Waals surface area contributed by atoms with Gasteiger partial charge in [-0.2, -0.15) is 0 Å². The Labute approximate surface area is 150 Å². The Hall–Kier alpha value is -1.83. The average molecular weight is 367 g/mol. The molecular weight excluding hydrogens is 348 g/mol. The van der Waals surface area contributed by atoms with Crippen LogP contribution in [0.2, 0.25) is 5.15 Å². The van der Waals surface area contributed by atoms with Crippen molar-refractivity contribution in [2.75, 3.05) is 25.6 Å². The van der Waals surface area contributed by atoms with Gasteiger partial charge in [-0.3, -0.25) is 9.63 Å². The lowest BCUT2D eigenvalue weighted by Crippen LogP contribution is -2.23. The van der Waals surface area contributed by atoms with Crippen molar-refractivity contribution in [1.29, 1.82) is 0 Å². The summed E-state index contributed by atoms with van der Waals surface area (Å²) in [4.78, 5) is 27.2. The molecule has 0 bridgehead atoms. The van der Waals surface area contributed by atoms with Crippen LogP contribution in [0.1, 0.15) is 22.8 Å². The summed E-state index contributed by atoms with van der Waals surface area (Å²) < 4.78 is 0. The number of thioether (sulfide) groups is 1. The number of hydrogen-bond acceptors (Lipinski definition) is 6. The number of anilines is 1. The molecule has 0 aliphatic rings. The highest BCUT2D eigenvalue weighted by Crippen LogP contribution is 2.24. The fourth-order valence-corrected chi connectivity index (χ4v) is 2.81. The molecular formula is C16H19ClN4O2S. The number of hydrogen-bond donors (Lipinski definition) is 1. The summed E-state index contributed by atoms with van der Waals surface area (Å²) in [6.07, 6.45) is 0. The molecule has 128 valence electrons. The van der Waals surface area contributed by atoms with Gasteiger partial charge in [-0.1, -0.05) is 35.5 Å². The van der Waals surface area contributed by atoms with Crippen LogP contribution in [0, 0.1) is 0 Å². The molecule has 1 aromatic carbocycles. The van der Waals surface area contributed by atoms with Crippen molar-refractivity contribution in [2.45, 2.75) is 17.8 Å². The van der Waals surface area contributed by atoms with E-state index in [0.29, 0.717) is 28.2 Å². The molecule has 0 saturated carbocycles. The van der Waals surface area contributed by atoms with Crippen molar-refractivity contribution in [2.24, 2.45) is 0 Å². The SMILES string of the molecule is CCONC(=O)c1ccc(CSc2nc(Cl)cc(N(C)C)n2)cc1. The molecule has 1 amide bonds. The van der Waals surface area contributed by atoms with Crippen LogP contribution in [0.15, 0.2) is 35.5 Å². The van der Waals surface area contributed by atoms with E-state index in [1.807, 2.05) is 31.1 Å². The van der Waals surface area contributed by atoms with Gasteiger partial charge in [0.25, 0.3) is 5.91 Å². The highest BCUT2D eigenvalue weighted by atomic mass is 35.5. The second-order valence-electron chi connectivity index (χ2n) is 5.08. The van der Waals surface area contributed by atoms with Crippen molar-refractivity contribution >= 4 is 35.1 Å². The minimum atomic E-state index is -0.259. The number of aromatic nitrogens is 2. The normalized spacial score (nSPS) is 10.5. The lowest BCUT2D eigenvalue weighted by atomic mass is 10.1. The van der Waals surface area contributed by atoms with E-state index in [1.165, 1.54) is 11.8 Å². The molecule has 1 heterocycles.